The van der Waals surface area contributed by atoms with E-state index in [0.29, 0.717) is 5.04 Å². The lowest BCUT2D eigenvalue weighted by molar-refractivity contribution is 0.292. The third-order valence-corrected chi connectivity index (χ3v) is 7.95. The fourth-order valence-corrected chi connectivity index (χ4v) is 2.26. The van der Waals surface area contributed by atoms with Gasteiger partial charge in [0, 0.05) is 6.61 Å². The van der Waals surface area contributed by atoms with Crippen LogP contribution in [0.5, 0.6) is 0 Å². The summed E-state index contributed by atoms with van der Waals surface area (Å²) in [7, 11) is -1.57. The average Bonchev–Trinajstić information content (AvgIpc) is 2.17. The first-order chi connectivity index (χ1) is 7.33. The van der Waals surface area contributed by atoms with Gasteiger partial charge < -0.3 is 4.43 Å². The zero-order chi connectivity index (χ0) is 12.2. The lowest BCUT2D eigenvalue weighted by Crippen LogP contribution is -2.41. The first kappa shape index (κ1) is 13.5. The molecule has 0 aliphatic carbocycles. The van der Waals surface area contributed by atoms with E-state index in [2.05, 4.69) is 52.1 Å². The van der Waals surface area contributed by atoms with Crippen LogP contribution in [-0.2, 0) is 10.8 Å². The van der Waals surface area contributed by atoms with Gasteiger partial charge in [0.25, 0.3) is 0 Å². The third-order valence-electron chi connectivity index (χ3n) is 3.41. The normalized spacial score (nSPS) is 12.8. The number of hydrogen-bond donors (Lipinski definition) is 0. The highest BCUT2D eigenvalue weighted by atomic mass is 28.4. The molecule has 0 fully saturated rings. The van der Waals surface area contributed by atoms with Crippen LogP contribution in [0.2, 0.25) is 18.1 Å². The fourth-order valence-electron chi connectivity index (χ4n) is 1.22. The zero-order valence-electron chi connectivity index (χ0n) is 11.1. The molecule has 0 aromatic heterocycles. The molecular formula is C14H23OSi. The van der Waals surface area contributed by atoms with Crippen molar-refractivity contribution in [2.75, 3.05) is 6.61 Å². The Hall–Kier alpha value is -0.603. The monoisotopic (exact) mass is 235 g/mol. The Labute approximate surface area is 101 Å². The van der Waals surface area contributed by atoms with Crippen molar-refractivity contribution in [2.45, 2.75) is 45.3 Å². The van der Waals surface area contributed by atoms with Crippen molar-refractivity contribution in [3.63, 3.8) is 0 Å². The summed E-state index contributed by atoms with van der Waals surface area (Å²) < 4.78 is 6.12. The van der Waals surface area contributed by atoms with Crippen LogP contribution in [0.15, 0.2) is 24.3 Å². The van der Waals surface area contributed by atoms with Crippen LogP contribution < -0.4 is 0 Å². The van der Waals surface area contributed by atoms with E-state index in [0.717, 1.165) is 13.0 Å². The van der Waals surface area contributed by atoms with Gasteiger partial charge in [0.1, 0.15) is 0 Å². The molecule has 0 atom stereocenters. The summed E-state index contributed by atoms with van der Waals surface area (Å²) in [5, 5.41) is 0.299. The Bertz CT molecular complexity index is 311. The minimum atomic E-state index is -1.57. The molecule has 0 spiro atoms. The predicted octanol–water partition coefficient (Wildman–Crippen LogP) is 4.05. The summed E-state index contributed by atoms with van der Waals surface area (Å²) in [4.78, 5) is 0. The first-order valence-electron chi connectivity index (χ1n) is 5.92. The maximum absolute atomic E-state index is 6.12. The molecule has 1 nitrogen and oxygen atoms in total. The predicted molar refractivity (Wildman–Crippen MR) is 72.1 cm³/mol. The van der Waals surface area contributed by atoms with E-state index < -0.39 is 8.32 Å². The largest absolute Gasteiger partial charge is 0.416 e. The fraction of sp³-hybridized carbons (Fsp3) is 0.571. The Morgan fingerprint density at radius 3 is 2.44 bits per heavy atom. The maximum Gasteiger partial charge on any atom is 0.191 e. The van der Waals surface area contributed by atoms with E-state index in [1.807, 2.05) is 12.1 Å². The molecule has 16 heavy (non-hydrogen) atoms. The average molecular weight is 235 g/mol. The smallest absolute Gasteiger partial charge is 0.191 e. The van der Waals surface area contributed by atoms with Crippen molar-refractivity contribution < 1.29 is 4.43 Å². The highest BCUT2D eigenvalue weighted by Gasteiger charge is 2.36. The molecule has 0 aliphatic heterocycles. The standard InChI is InChI=1S/C14H23OSi/c1-14(2,3)16(4,5)15-12-11-13-9-7-6-8-10-13/h6-9H,11-12H2,1-5H3. The SMILES string of the molecule is CC(C)(C)[Si](C)(C)OCCc1[c]cccc1. The topological polar surface area (TPSA) is 9.23 Å². The van der Waals surface area contributed by atoms with Gasteiger partial charge in [-0.3, -0.25) is 0 Å². The molecule has 0 aliphatic rings. The third kappa shape index (κ3) is 3.76. The molecule has 1 radical (unpaired) electrons. The summed E-state index contributed by atoms with van der Waals surface area (Å²) in [6.07, 6.45) is 0.966. The molecule has 2 heteroatoms. The van der Waals surface area contributed by atoms with Crippen molar-refractivity contribution in [2.24, 2.45) is 0 Å². The summed E-state index contributed by atoms with van der Waals surface area (Å²) in [6, 6.07) is 11.3. The minimum absolute atomic E-state index is 0.299. The number of benzene rings is 1. The lowest BCUT2D eigenvalue weighted by atomic mass is 10.2. The van der Waals surface area contributed by atoms with E-state index in [4.69, 9.17) is 4.43 Å². The maximum atomic E-state index is 6.12. The van der Waals surface area contributed by atoms with Gasteiger partial charge in [-0.05, 0) is 36.2 Å². The van der Waals surface area contributed by atoms with E-state index in [1.165, 1.54) is 5.56 Å². The second-order valence-corrected chi connectivity index (χ2v) is 10.6. The first-order valence-corrected chi connectivity index (χ1v) is 8.83. The van der Waals surface area contributed by atoms with Crippen molar-refractivity contribution in [3.8, 4) is 0 Å². The lowest BCUT2D eigenvalue weighted by Gasteiger charge is -2.36. The van der Waals surface area contributed by atoms with E-state index >= 15 is 0 Å². The highest BCUT2D eigenvalue weighted by Crippen LogP contribution is 2.36. The summed E-state index contributed by atoms with van der Waals surface area (Å²) in [6.45, 7) is 12.2. The summed E-state index contributed by atoms with van der Waals surface area (Å²) in [5.74, 6) is 0. The highest BCUT2D eigenvalue weighted by molar-refractivity contribution is 6.74. The van der Waals surface area contributed by atoms with Crippen LogP contribution in [0.3, 0.4) is 0 Å². The van der Waals surface area contributed by atoms with Gasteiger partial charge in [-0.2, -0.15) is 0 Å². The second-order valence-electron chi connectivity index (χ2n) is 5.75. The number of hydrogen-bond acceptors (Lipinski definition) is 1. The molecule has 0 N–H and O–H groups in total. The summed E-state index contributed by atoms with van der Waals surface area (Å²) >= 11 is 0. The van der Waals surface area contributed by atoms with Crippen LogP contribution in [0.4, 0.5) is 0 Å². The van der Waals surface area contributed by atoms with Gasteiger partial charge in [0.15, 0.2) is 8.32 Å². The van der Waals surface area contributed by atoms with Gasteiger partial charge in [-0.15, -0.1) is 0 Å². The van der Waals surface area contributed by atoms with Gasteiger partial charge in [0.05, 0.1) is 0 Å². The molecule has 1 aromatic carbocycles. The van der Waals surface area contributed by atoms with Crippen molar-refractivity contribution in [1.29, 1.82) is 0 Å². The Balaban J connectivity index is 2.42. The molecule has 0 unspecified atom stereocenters. The van der Waals surface area contributed by atoms with Gasteiger partial charge in [-0.25, -0.2) is 0 Å². The van der Waals surface area contributed by atoms with Crippen LogP contribution >= 0.6 is 0 Å². The molecule has 89 valence electrons. The van der Waals surface area contributed by atoms with Crippen LogP contribution in [0.1, 0.15) is 26.3 Å². The van der Waals surface area contributed by atoms with Crippen LogP contribution in [0.25, 0.3) is 0 Å². The molecule has 0 heterocycles. The molecule has 0 bridgehead atoms. The van der Waals surface area contributed by atoms with Crippen molar-refractivity contribution in [3.05, 3.63) is 35.9 Å². The van der Waals surface area contributed by atoms with E-state index in [1.54, 1.807) is 0 Å². The Kier molecular flexibility index (Phi) is 4.33. The molecule has 0 saturated heterocycles. The zero-order valence-corrected chi connectivity index (χ0v) is 12.1. The Morgan fingerprint density at radius 1 is 1.25 bits per heavy atom. The Morgan fingerprint density at radius 2 is 1.94 bits per heavy atom. The van der Waals surface area contributed by atoms with Gasteiger partial charge in [0.2, 0.25) is 0 Å². The molecule has 0 saturated carbocycles. The summed E-state index contributed by atoms with van der Waals surface area (Å²) in [5.41, 5.74) is 1.24. The van der Waals surface area contributed by atoms with Gasteiger partial charge in [-0.1, -0.05) is 45.0 Å². The molecule has 1 aromatic rings. The number of rotatable bonds is 4. The quantitative estimate of drug-likeness (QED) is 0.715. The van der Waals surface area contributed by atoms with E-state index in [9.17, 15) is 0 Å². The van der Waals surface area contributed by atoms with Gasteiger partial charge >= 0.3 is 0 Å². The molecule has 1 rings (SSSR count). The molecular weight excluding hydrogens is 212 g/mol. The molecule has 0 amide bonds. The minimum Gasteiger partial charge on any atom is -0.416 e. The van der Waals surface area contributed by atoms with Crippen molar-refractivity contribution in [1.82, 2.24) is 0 Å². The van der Waals surface area contributed by atoms with E-state index in [-0.39, 0.29) is 0 Å². The second kappa shape index (κ2) is 5.15. The van der Waals surface area contributed by atoms with Crippen molar-refractivity contribution >= 4 is 8.32 Å². The van der Waals surface area contributed by atoms with Crippen LogP contribution in [0, 0.1) is 6.07 Å². The van der Waals surface area contributed by atoms with Crippen LogP contribution in [-0.4, -0.2) is 14.9 Å².